The molecule has 0 aliphatic carbocycles. The lowest BCUT2D eigenvalue weighted by Crippen LogP contribution is -2.03. The highest BCUT2D eigenvalue weighted by atomic mass is 19.1. The summed E-state index contributed by atoms with van der Waals surface area (Å²) < 4.78 is 35.4. The summed E-state index contributed by atoms with van der Waals surface area (Å²) in [6, 6.07) is 15.7. The van der Waals surface area contributed by atoms with Crippen LogP contribution in [0.1, 0.15) is 29.3 Å². The van der Waals surface area contributed by atoms with E-state index in [1.807, 2.05) is 54.1 Å². The first kappa shape index (κ1) is 19.3. The average Bonchev–Trinajstić information content (AvgIpc) is 3.08. The maximum absolute atomic E-state index is 14.2. The number of rotatable bonds is 7. The Hall–Kier alpha value is -3.05. The van der Waals surface area contributed by atoms with Crippen molar-refractivity contribution in [2.24, 2.45) is 0 Å². The molecule has 0 spiro atoms. The van der Waals surface area contributed by atoms with Crippen molar-refractivity contribution >= 4 is 10.9 Å². The van der Waals surface area contributed by atoms with Crippen molar-refractivity contribution in [2.45, 2.75) is 33.1 Å². The van der Waals surface area contributed by atoms with Gasteiger partial charge >= 0.3 is 0 Å². The van der Waals surface area contributed by atoms with E-state index in [1.165, 1.54) is 12.1 Å². The summed E-state index contributed by atoms with van der Waals surface area (Å²) in [5.74, 6) is -1.12. The van der Waals surface area contributed by atoms with Crippen molar-refractivity contribution in [1.82, 2.24) is 9.55 Å². The molecule has 0 bridgehead atoms. The topological polar surface area (TPSA) is 27.1 Å². The lowest BCUT2D eigenvalue weighted by molar-refractivity contribution is 0.108. The molecule has 29 heavy (non-hydrogen) atoms. The van der Waals surface area contributed by atoms with Gasteiger partial charge in [-0.2, -0.15) is 0 Å². The molecule has 0 amide bonds. The molecule has 148 valence electrons. The molecule has 4 rings (SSSR count). The predicted octanol–water partition coefficient (Wildman–Crippen LogP) is 5.64. The zero-order valence-electron chi connectivity index (χ0n) is 16.2. The van der Waals surface area contributed by atoms with Crippen LogP contribution in [0.15, 0.2) is 67.0 Å². The third-order valence-corrected chi connectivity index (χ3v) is 5.00. The fourth-order valence-corrected chi connectivity index (χ4v) is 3.58. The molecule has 0 unspecified atom stereocenters. The maximum atomic E-state index is 14.2. The SMILES string of the molecule is CCc1nccc2c(COCc3ccccc3)cn(Cc3ccc(F)cc3F)c12. The number of hydrogen-bond donors (Lipinski definition) is 0. The molecule has 2 heterocycles. The first-order chi connectivity index (χ1) is 14.2. The van der Waals surface area contributed by atoms with Crippen LogP contribution in [0.25, 0.3) is 10.9 Å². The molecule has 0 saturated carbocycles. The van der Waals surface area contributed by atoms with E-state index >= 15 is 0 Å². The largest absolute Gasteiger partial charge is 0.372 e. The highest BCUT2D eigenvalue weighted by Crippen LogP contribution is 2.26. The van der Waals surface area contributed by atoms with Crippen molar-refractivity contribution in [3.63, 3.8) is 0 Å². The summed E-state index contributed by atoms with van der Waals surface area (Å²) in [6.45, 7) is 3.31. The Morgan fingerprint density at radius 3 is 2.55 bits per heavy atom. The Morgan fingerprint density at radius 1 is 0.966 bits per heavy atom. The van der Waals surface area contributed by atoms with E-state index in [2.05, 4.69) is 4.98 Å². The molecule has 0 radical (unpaired) electrons. The Morgan fingerprint density at radius 2 is 1.79 bits per heavy atom. The fourth-order valence-electron chi connectivity index (χ4n) is 3.58. The molecule has 3 nitrogen and oxygen atoms in total. The number of fused-ring (bicyclic) bond motifs is 1. The van der Waals surface area contributed by atoms with Crippen molar-refractivity contribution in [3.05, 3.63) is 101 Å². The van der Waals surface area contributed by atoms with Crippen molar-refractivity contribution in [3.8, 4) is 0 Å². The second-order valence-electron chi connectivity index (χ2n) is 7.00. The smallest absolute Gasteiger partial charge is 0.131 e. The average molecular weight is 392 g/mol. The van der Waals surface area contributed by atoms with Crippen molar-refractivity contribution in [2.75, 3.05) is 0 Å². The minimum Gasteiger partial charge on any atom is -0.372 e. The number of hydrogen-bond acceptors (Lipinski definition) is 2. The summed E-state index contributed by atoms with van der Waals surface area (Å²) in [7, 11) is 0. The third kappa shape index (κ3) is 4.20. The monoisotopic (exact) mass is 392 g/mol. The zero-order chi connectivity index (χ0) is 20.2. The van der Waals surface area contributed by atoms with E-state index in [9.17, 15) is 8.78 Å². The van der Waals surface area contributed by atoms with Gasteiger partial charge in [0.1, 0.15) is 11.6 Å². The van der Waals surface area contributed by atoms with Gasteiger partial charge in [-0.15, -0.1) is 0 Å². The minimum atomic E-state index is -0.575. The Balaban J connectivity index is 1.64. The fraction of sp³-hybridized carbons (Fsp3) is 0.208. The first-order valence-electron chi connectivity index (χ1n) is 9.67. The quantitative estimate of drug-likeness (QED) is 0.407. The summed E-state index contributed by atoms with van der Waals surface area (Å²) in [6.07, 6.45) is 4.54. The van der Waals surface area contributed by atoms with Crippen LogP contribution in [0.5, 0.6) is 0 Å². The third-order valence-electron chi connectivity index (χ3n) is 5.00. The van der Waals surface area contributed by atoms with E-state index < -0.39 is 11.6 Å². The van der Waals surface area contributed by atoms with Gasteiger partial charge in [0.05, 0.1) is 31.0 Å². The summed E-state index contributed by atoms with van der Waals surface area (Å²) in [4.78, 5) is 4.49. The molecule has 2 aromatic carbocycles. The van der Waals surface area contributed by atoms with Gasteiger partial charge in [0.25, 0.3) is 0 Å². The molecule has 0 saturated heterocycles. The Kier molecular flexibility index (Phi) is 5.67. The highest BCUT2D eigenvalue weighted by molar-refractivity contribution is 5.85. The Bertz CT molecular complexity index is 1120. The van der Waals surface area contributed by atoms with E-state index in [1.54, 1.807) is 6.20 Å². The molecule has 4 aromatic rings. The Labute approximate surface area is 168 Å². The van der Waals surface area contributed by atoms with Crippen molar-refractivity contribution < 1.29 is 13.5 Å². The van der Waals surface area contributed by atoms with Crippen LogP contribution in [0, 0.1) is 11.6 Å². The molecule has 0 aliphatic rings. The molecule has 0 atom stereocenters. The van der Waals surface area contributed by atoms with E-state index in [0.29, 0.717) is 25.3 Å². The summed E-state index contributed by atoms with van der Waals surface area (Å²) >= 11 is 0. The van der Waals surface area contributed by atoms with Gasteiger partial charge < -0.3 is 9.30 Å². The number of nitrogens with zero attached hydrogens (tertiary/aromatic N) is 2. The van der Waals surface area contributed by atoms with Gasteiger partial charge in [0.2, 0.25) is 0 Å². The second-order valence-corrected chi connectivity index (χ2v) is 7.00. The number of ether oxygens (including phenoxy) is 1. The predicted molar refractivity (Wildman–Crippen MR) is 110 cm³/mol. The van der Waals surface area contributed by atoms with Crippen LogP contribution in [0.4, 0.5) is 8.78 Å². The normalized spacial score (nSPS) is 11.3. The number of aryl methyl sites for hydroxylation is 1. The maximum Gasteiger partial charge on any atom is 0.131 e. The molecular formula is C24H22F2N2O. The van der Waals surface area contributed by atoms with Gasteiger partial charge in [0.15, 0.2) is 0 Å². The van der Waals surface area contributed by atoms with Crippen LogP contribution in [-0.4, -0.2) is 9.55 Å². The lowest BCUT2D eigenvalue weighted by Gasteiger charge is -2.09. The zero-order valence-corrected chi connectivity index (χ0v) is 16.2. The number of benzene rings is 2. The summed E-state index contributed by atoms with van der Waals surface area (Å²) in [5, 5.41) is 1.05. The van der Waals surface area contributed by atoms with Crippen LogP contribution in [0.3, 0.4) is 0 Å². The lowest BCUT2D eigenvalue weighted by atomic mass is 10.1. The molecule has 0 aliphatic heterocycles. The van der Waals surface area contributed by atoms with Crippen molar-refractivity contribution in [1.29, 1.82) is 0 Å². The first-order valence-corrected chi connectivity index (χ1v) is 9.67. The molecular weight excluding hydrogens is 370 g/mol. The number of pyridine rings is 1. The van der Waals surface area contributed by atoms with Crippen LogP contribution in [0.2, 0.25) is 0 Å². The molecule has 2 aromatic heterocycles. The van der Waals surface area contributed by atoms with Crippen LogP contribution in [-0.2, 0) is 30.9 Å². The van der Waals surface area contributed by atoms with Gasteiger partial charge in [-0.3, -0.25) is 4.98 Å². The molecule has 0 fully saturated rings. The molecule has 5 heteroatoms. The number of halogens is 2. The van der Waals surface area contributed by atoms with Gasteiger partial charge in [-0.1, -0.05) is 43.3 Å². The van der Waals surface area contributed by atoms with E-state index in [-0.39, 0.29) is 0 Å². The minimum absolute atomic E-state index is 0.306. The standard InChI is InChI=1S/C24H22F2N2O/c1-2-23-24-21(10-11-27-23)19(16-29-15-17-6-4-3-5-7-17)14-28(24)13-18-8-9-20(25)12-22(18)26/h3-12,14H,2,13,15-16H2,1H3. The second kappa shape index (κ2) is 8.53. The van der Waals surface area contributed by atoms with Crippen LogP contribution < -0.4 is 0 Å². The number of aromatic nitrogens is 2. The van der Waals surface area contributed by atoms with E-state index in [0.717, 1.165) is 40.2 Å². The highest BCUT2D eigenvalue weighted by Gasteiger charge is 2.14. The van der Waals surface area contributed by atoms with Gasteiger partial charge in [-0.05, 0) is 24.1 Å². The molecule has 0 N–H and O–H groups in total. The van der Waals surface area contributed by atoms with E-state index in [4.69, 9.17) is 4.74 Å². The van der Waals surface area contributed by atoms with Gasteiger partial charge in [0, 0.05) is 35.0 Å². The summed E-state index contributed by atoms with van der Waals surface area (Å²) in [5.41, 5.74) is 4.48. The van der Waals surface area contributed by atoms with Crippen LogP contribution >= 0.6 is 0 Å². The van der Waals surface area contributed by atoms with Gasteiger partial charge in [-0.25, -0.2) is 8.78 Å².